The van der Waals surface area contributed by atoms with Gasteiger partial charge in [-0.2, -0.15) is 43.9 Å². The lowest BCUT2D eigenvalue weighted by Crippen LogP contribution is -2.68. The normalized spacial score (nSPS) is 21.1. The van der Waals surface area contributed by atoms with Crippen molar-refractivity contribution in [3.05, 3.63) is 11.6 Å². The lowest BCUT2D eigenvalue weighted by atomic mass is 9.77. The van der Waals surface area contributed by atoms with E-state index in [1.54, 1.807) is 0 Å². The minimum Gasteiger partial charge on any atom is -0.222 e. The fraction of sp³-hybridized carbons (Fsp3) is 0.778. The molecule has 0 bridgehead atoms. The number of hydrogen-bond acceptors (Lipinski definition) is 0. The van der Waals surface area contributed by atoms with Crippen molar-refractivity contribution >= 4 is 0 Å². The summed E-state index contributed by atoms with van der Waals surface area (Å²) in [7, 11) is 0. The maximum atomic E-state index is 13.6. The van der Waals surface area contributed by atoms with Gasteiger partial charge < -0.3 is 0 Å². The van der Waals surface area contributed by atoms with E-state index in [9.17, 15) is 48.3 Å². The summed E-state index contributed by atoms with van der Waals surface area (Å²) in [6.07, 6.45) is -14.8. The molecule has 0 N–H and O–H groups in total. The van der Waals surface area contributed by atoms with Gasteiger partial charge >= 0.3 is 24.2 Å². The summed E-state index contributed by atoms with van der Waals surface area (Å²) >= 11 is 0. The highest BCUT2D eigenvalue weighted by Gasteiger charge is 2.87. The first-order chi connectivity index (χ1) is 8.61. The summed E-state index contributed by atoms with van der Waals surface area (Å²) in [5.74, 6) is -14.2. The van der Waals surface area contributed by atoms with Crippen LogP contribution in [0.2, 0.25) is 0 Å². The van der Waals surface area contributed by atoms with Gasteiger partial charge in [-0.15, -0.1) is 0 Å². The van der Waals surface area contributed by atoms with Gasteiger partial charge in [-0.25, -0.2) is 4.39 Å². The fourth-order valence-corrected chi connectivity index (χ4v) is 1.56. The Morgan fingerprint density at radius 1 is 0.650 bits per heavy atom. The number of rotatable bonds is 3. The van der Waals surface area contributed by atoms with E-state index in [1.165, 1.54) is 0 Å². The van der Waals surface area contributed by atoms with Gasteiger partial charge in [0, 0.05) is 0 Å². The largest absolute Gasteiger partial charge is 0.460 e. The van der Waals surface area contributed by atoms with Crippen LogP contribution in [0.5, 0.6) is 0 Å². The van der Waals surface area contributed by atoms with Gasteiger partial charge in [0.1, 0.15) is 0 Å². The molecule has 0 spiro atoms. The molecule has 0 saturated carbocycles. The lowest BCUT2D eigenvalue weighted by molar-refractivity contribution is -0.404. The molecule has 1 unspecified atom stereocenters. The summed E-state index contributed by atoms with van der Waals surface area (Å²) in [5, 5.41) is 0. The molecule has 0 aromatic heterocycles. The second-order valence-corrected chi connectivity index (χ2v) is 4.07. The molecule has 0 radical (unpaired) electrons. The van der Waals surface area contributed by atoms with Gasteiger partial charge in [0.25, 0.3) is 5.67 Å². The Kier molecular flexibility index (Phi) is 3.60. The molecule has 0 heterocycles. The lowest BCUT2D eigenvalue weighted by Gasteiger charge is -2.42. The smallest absolute Gasteiger partial charge is 0.222 e. The zero-order valence-electron chi connectivity index (χ0n) is 9.15. The first-order valence-corrected chi connectivity index (χ1v) is 4.88. The maximum absolute atomic E-state index is 13.6. The van der Waals surface area contributed by atoms with Crippen molar-refractivity contribution in [3.8, 4) is 0 Å². The van der Waals surface area contributed by atoms with Gasteiger partial charge in [-0.1, -0.05) is 6.08 Å². The van der Waals surface area contributed by atoms with Crippen LogP contribution in [0.15, 0.2) is 11.6 Å². The van der Waals surface area contributed by atoms with Crippen molar-refractivity contribution in [2.45, 2.75) is 42.7 Å². The Morgan fingerprint density at radius 2 is 1.05 bits per heavy atom. The predicted molar refractivity (Wildman–Crippen MR) is 43.2 cm³/mol. The Morgan fingerprint density at radius 3 is 1.25 bits per heavy atom. The third kappa shape index (κ3) is 1.96. The van der Waals surface area contributed by atoms with Crippen LogP contribution in [0, 0.1) is 0 Å². The maximum Gasteiger partial charge on any atom is 0.460 e. The van der Waals surface area contributed by atoms with Crippen molar-refractivity contribution < 1.29 is 48.3 Å². The van der Waals surface area contributed by atoms with Crippen LogP contribution in [-0.2, 0) is 0 Å². The molecule has 1 aliphatic rings. The molecule has 0 nitrogen and oxygen atoms in total. The van der Waals surface area contributed by atoms with Gasteiger partial charge in [0.2, 0.25) is 0 Å². The monoisotopic (exact) mass is 322 g/mol. The highest BCUT2D eigenvalue weighted by molar-refractivity contribution is 5.32. The molecule has 0 saturated heterocycles. The SMILES string of the molecule is FC(F)(F)C(F)(F)C(F)(F)C(F)(C1=CCC1)C(F)(F)F. The van der Waals surface area contributed by atoms with E-state index in [0.29, 0.717) is 0 Å². The minimum atomic E-state index is -7.18. The summed E-state index contributed by atoms with van der Waals surface area (Å²) < 4.78 is 138. The fourth-order valence-electron chi connectivity index (χ4n) is 1.56. The molecule has 1 rings (SSSR count). The second-order valence-electron chi connectivity index (χ2n) is 4.07. The molecule has 0 fully saturated rings. The summed E-state index contributed by atoms with van der Waals surface area (Å²) in [6, 6.07) is 0. The van der Waals surface area contributed by atoms with E-state index in [1.807, 2.05) is 0 Å². The van der Waals surface area contributed by atoms with Crippen LogP contribution >= 0.6 is 0 Å². The zero-order chi connectivity index (χ0) is 16.2. The molecule has 11 heteroatoms. The molecule has 20 heavy (non-hydrogen) atoms. The number of allylic oxidation sites excluding steroid dienone is 2. The van der Waals surface area contributed by atoms with E-state index in [0.717, 1.165) is 0 Å². The van der Waals surface area contributed by atoms with E-state index < -0.39 is 41.9 Å². The molecule has 0 aromatic rings. The minimum absolute atomic E-state index is 0.216. The van der Waals surface area contributed by atoms with Crippen LogP contribution in [0.3, 0.4) is 0 Å². The molecule has 0 aromatic carbocycles. The van der Waals surface area contributed by atoms with Crippen LogP contribution < -0.4 is 0 Å². The standard InChI is InChI=1S/C9H5F11/c10-5(8(15,16)17,4-2-1-3-4)6(11,12)7(13,14)9(18,19)20/h2H,1,3H2. The molecule has 0 amide bonds. The summed E-state index contributed by atoms with van der Waals surface area (Å²) in [6.45, 7) is 0. The average molecular weight is 322 g/mol. The quantitative estimate of drug-likeness (QED) is 0.517. The number of hydrogen-bond donors (Lipinski definition) is 0. The predicted octanol–water partition coefficient (Wildman–Crippen LogP) is 4.81. The third-order valence-electron chi connectivity index (χ3n) is 2.82. The van der Waals surface area contributed by atoms with Crippen molar-refractivity contribution in [1.82, 2.24) is 0 Å². The summed E-state index contributed by atoms with van der Waals surface area (Å²) in [4.78, 5) is 0. The molecule has 1 atom stereocenters. The van der Waals surface area contributed by atoms with Crippen LogP contribution in [0.4, 0.5) is 48.3 Å². The van der Waals surface area contributed by atoms with E-state index in [4.69, 9.17) is 0 Å². The van der Waals surface area contributed by atoms with Crippen molar-refractivity contribution in [3.63, 3.8) is 0 Å². The first kappa shape index (κ1) is 17.0. The molecule has 0 aliphatic heterocycles. The summed E-state index contributed by atoms with van der Waals surface area (Å²) in [5.41, 5.74) is -7.91. The van der Waals surface area contributed by atoms with Crippen molar-refractivity contribution in [2.75, 3.05) is 0 Å². The molecule has 1 aliphatic carbocycles. The van der Waals surface area contributed by atoms with Crippen LogP contribution in [0.25, 0.3) is 0 Å². The highest BCUT2D eigenvalue weighted by Crippen LogP contribution is 2.61. The van der Waals surface area contributed by atoms with Gasteiger partial charge in [0.05, 0.1) is 0 Å². The van der Waals surface area contributed by atoms with Gasteiger partial charge in [-0.3, -0.25) is 0 Å². The second kappa shape index (κ2) is 4.23. The Hall–Kier alpha value is -1.03. The van der Waals surface area contributed by atoms with Gasteiger partial charge in [-0.05, 0) is 18.4 Å². The highest BCUT2D eigenvalue weighted by atomic mass is 19.4. The number of halogens is 11. The molecular formula is C9H5F11. The van der Waals surface area contributed by atoms with Crippen LogP contribution in [0.1, 0.15) is 12.8 Å². The van der Waals surface area contributed by atoms with Crippen molar-refractivity contribution in [2.24, 2.45) is 0 Å². The zero-order valence-corrected chi connectivity index (χ0v) is 9.15. The van der Waals surface area contributed by atoms with E-state index in [-0.39, 0.29) is 12.5 Å². The molecular weight excluding hydrogens is 317 g/mol. The topological polar surface area (TPSA) is 0 Å². The first-order valence-electron chi connectivity index (χ1n) is 4.88. The Labute approximate surface area is 104 Å². The van der Waals surface area contributed by atoms with Crippen LogP contribution in [-0.4, -0.2) is 29.9 Å². The Bertz CT molecular complexity index is 413. The molecule has 118 valence electrons. The van der Waals surface area contributed by atoms with Crippen molar-refractivity contribution in [1.29, 1.82) is 0 Å². The number of alkyl halides is 11. The Balaban J connectivity index is 3.49. The third-order valence-corrected chi connectivity index (χ3v) is 2.82. The van der Waals surface area contributed by atoms with Gasteiger partial charge in [0.15, 0.2) is 0 Å². The van der Waals surface area contributed by atoms with E-state index in [2.05, 4.69) is 0 Å². The van der Waals surface area contributed by atoms with E-state index >= 15 is 0 Å². The average Bonchev–Trinajstić information content (AvgIpc) is 2.10.